The van der Waals surface area contributed by atoms with Crippen molar-refractivity contribution in [3.05, 3.63) is 58.5 Å². The maximum Gasteiger partial charge on any atom is 0.254 e. The maximum atomic E-state index is 13.2. The molecule has 1 aromatic carbocycles. The lowest BCUT2D eigenvalue weighted by Crippen LogP contribution is -2.32. The number of hydrogen-bond donors (Lipinski definition) is 0. The molecule has 2 aromatic heterocycles. The van der Waals surface area contributed by atoms with E-state index < -0.39 is 0 Å². The van der Waals surface area contributed by atoms with Gasteiger partial charge in [0.05, 0.1) is 6.54 Å². The lowest BCUT2D eigenvalue weighted by atomic mass is 10.1. The van der Waals surface area contributed by atoms with E-state index in [1.807, 2.05) is 41.3 Å². The number of fused-ring (bicyclic) bond motifs is 1. The summed E-state index contributed by atoms with van der Waals surface area (Å²) >= 11 is 3.47. The third-order valence-electron chi connectivity index (χ3n) is 4.75. The van der Waals surface area contributed by atoms with E-state index in [-0.39, 0.29) is 5.91 Å². The van der Waals surface area contributed by atoms with Gasteiger partial charge in [-0.15, -0.1) is 0 Å². The van der Waals surface area contributed by atoms with Gasteiger partial charge in [-0.25, -0.2) is 9.97 Å². The predicted molar refractivity (Wildman–Crippen MR) is 116 cm³/mol. The molecule has 5 nitrogen and oxygen atoms in total. The minimum atomic E-state index is 0.0421. The highest BCUT2D eigenvalue weighted by molar-refractivity contribution is 9.10. The number of carbonyl (C=O) groups is 1. The number of pyridine rings is 1. The van der Waals surface area contributed by atoms with Crippen LogP contribution in [0.3, 0.4) is 0 Å². The van der Waals surface area contributed by atoms with Gasteiger partial charge in [0.1, 0.15) is 11.3 Å². The van der Waals surface area contributed by atoms with Crippen LogP contribution in [-0.2, 0) is 13.1 Å². The van der Waals surface area contributed by atoms with Crippen LogP contribution in [0.4, 0.5) is 0 Å². The summed E-state index contributed by atoms with van der Waals surface area (Å²) in [6.45, 7) is 6.38. The lowest BCUT2D eigenvalue weighted by molar-refractivity contribution is 0.0734. The fourth-order valence-corrected chi connectivity index (χ4v) is 3.76. The molecule has 1 amide bonds. The summed E-state index contributed by atoms with van der Waals surface area (Å²) in [5.41, 5.74) is 2.47. The number of rotatable bonds is 9. The molecule has 0 fully saturated rings. The van der Waals surface area contributed by atoms with Crippen molar-refractivity contribution < 1.29 is 4.79 Å². The Morgan fingerprint density at radius 3 is 2.75 bits per heavy atom. The highest BCUT2D eigenvalue weighted by Crippen LogP contribution is 2.19. The van der Waals surface area contributed by atoms with Crippen molar-refractivity contribution in [1.82, 2.24) is 19.4 Å². The number of carbonyl (C=O) groups excluding carboxylic acids is 1. The highest BCUT2D eigenvalue weighted by Gasteiger charge is 2.20. The van der Waals surface area contributed by atoms with Crippen molar-refractivity contribution in [1.29, 1.82) is 0 Å². The van der Waals surface area contributed by atoms with Crippen LogP contribution in [0.1, 0.15) is 55.7 Å². The van der Waals surface area contributed by atoms with Gasteiger partial charge in [-0.2, -0.15) is 0 Å². The van der Waals surface area contributed by atoms with Gasteiger partial charge in [-0.1, -0.05) is 48.7 Å². The number of aryl methyl sites for hydroxylation is 1. The van der Waals surface area contributed by atoms with Crippen LogP contribution < -0.4 is 0 Å². The fraction of sp³-hybridized carbons (Fsp3) is 0.409. The average molecular weight is 443 g/mol. The van der Waals surface area contributed by atoms with Crippen LogP contribution in [0.25, 0.3) is 11.2 Å². The Bertz CT molecular complexity index is 937. The Kier molecular flexibility index (Phi) is 7.20. The van der Waals surface area contributed by atoms with E-state index in [0.29, 0.717) is 12.1 Å². The van der Waals surface area contributed by atoms with Crippen LogP contribution in [0, 0.1) is 0 Å². The second-order valence-electron chi connectivity index (χ2n) is 6.97. The zero-order valence-electron chi connectivity index (χ0n) is 16.6. The normalized spacial score (nSPS) is 11.1. The van der Waals surface area contributed by atoms with Crippen molar-refractivity contribution in [2.24, 2.45) is 0 Å². The molecule has 0 saturated carbocycles. The van der Waals surface area contributed by atoms with Gasteiger partial charge in [-0.3, -0.25) is 4.79 Å². The van der Waals surface area contributed by atoms with Crippen molar-refractivity contribution in [2.45, 2.75) is 52.6 Å². The van der Waals surface area contributed by atoms with E-state index >= 15 is 0 Å². The molecule has 0 atom stereocenters. The number of unbranched alkanes of at least 4 members (excludes halogenated alkanes) is 2. The largest absolute Gasteiger partial charge is 0.331 e. The first-order chi connectivity index (χ1) is 13.6. The minimum Gasteiger partial charge on any atom is -0.331 e. The van der Waals surface area contributed by atoms with Crippen molar-refractivity contribution in [2.75, 3.05) is 6.54 Å². The zero-order chi connectivity index (χ0) is 19.9. The molecule has 0 saturated heterocycles. The molecule has 6 heteroatoms. The summed E-state index contributed by atoms with van der Waals surface area (Å²) in [5, 5.41) is 0. The topological polar surface area (TPSA) is 51.0 Å². The van der Waals surface area contributed by atoms with E-state index in [2.05, 4.69) is 39.3 Å². The quantitative estimate of drug-likeness (QED) is 0.414. The Labute approximate surface area is 174 Å². The second kappa shape index (κ2) is 9.82. The molecule has 3 aromatic rings. The Balaban J connectivity index is 1.92. The molecule has 0 radical (unpaired) electrons. The van der Waals surface area contributed by atoms with Crippen molar-refractivity contribution in [3.8, 4) is 0 Å². The number of nitrogens with zero attached hydrogens (tertiary/aromatic N) is 4. The van der Waals surface area contributed by atoms with Crippen LogP contribution in [0.5, 0.6) is 0 Å². The van der Waals surface area contributed by atoms with Crippen LogP contribution >= 0.6 is 15.9 Å². The van der Waals surface area contributed by atoms with Gasteiger partial charge in [0.25, 0.3) is 5.91 Å². The molecular weight excluding hydrogens is 416 g/mol. The molecule has 3 rings (SSSR count). The summed E-state index contributed by atoms with van der Waals surface area (Å²) < 4.78 is 3.06. The molecule has 2 heterocycles. The molecule has 148 valence electrons. The van der Waals surface area contributed by atoms with E-state index in [4.69, 9.17) is 4.98 Å². The van der Waals surface area contributed by atoms with Gasteiger partial charge in [0, 0.05) is 29.3 Å². The molecule has 0 unspecified atom stereocenters. The first-order valence-electron chi connectivity index (χ1n) is 9.99. The summed E-state index contributed by atoms with van der Waals surface area (Å²) in [7, 11) is 0. The molecule has 0 bridgehead atoms. The average Bonchev–Trinajstić information content (AvgIpc) is 3.04. The van der Waals surface area contributed by atoms with Gasteiger partial charge >= 0.3 is 0 Å². The standard InChI is InChI=1S/C22H27BrN4O/c1-3-5-6-14-26(22(28)17-9-7-10-18(23)15-17)16-20-25-19-11-8-12-24-21(19)27(20)13-4-2/h7-12,15H,3-6,13-14,16H2,1-2H3. The number of imidazole rings is 1. The fourth-order valence-electron chi connectivity index (χ4n) is 3.36. The summed E-state index contributed by atoms with van der Waals surface area (Å²) in [4.78, 5) is 24.5. The second-order valence-corrected chi connectivity index (χ2v) is 7.89. The third kappa shape index (κ3) is 4.79. The first kappa shape index (κ1) is 20.5. The van der Waals surface area contributed by atoms with E-state index in [9.17, 15) is 4.79 Å². The smallest absolute Gasteiger partial charge is 0.254 e. The SMILES string of the molecule is CCCCCN(Cc1nc2cccnc2n1CCC)C(=O)c1cccc(Br)c1. The van der Waals surface area contributed by atoms with Gasteiger partial charge < -0.3 is 9.47 Å². The van der Waals surface area contributed by atoms with Crippen molar-refractivity contribution >= 4 is 33.0 Å². The molecule has 0 aliphatic rings. The molecule has 0 aliphatic heterocycles. The van der Waals surface area contributed by atoms with Gasteiger partial charge in [0.2, 0.25) is 0 Å². The Hall–Kier alpha value is -2.21. The first-order valence-corrected chi connectivity index (χ1v) is 10.8. The number of halogens is 1. The number of amides is 1. The third-order valence-corrected chi connectivity index (χ3v) is 5.25. The van der Waals surface area contributed by atoms with E-state index in [1.54, 1.807) is 6.20 Å². The van der Waals surface area contributed by atoms with Gasteiger partial charge in [0.15, 0.2) is 5.65 Å². The zero-order valence-corrected chi connectivity index (χ0v) is 18.2. The Morgan fingerprint density at radius 1 is 1.14 bits per heavy atom. The summed E-state index contributed by atoms with van der Waals surface area (Å²) in [5.74, 6) is 0.941. The van der Waals surface area contributed by atoms with Crippen LogP contribution in [0.2, 0.25) is 0 Å². The maximum absolute atomic E-state index is 13.2. The van der Waals surface area contributed by atoms with E-state index in [0.717, 1.165) is 60.2 Å². The summed E-state index contributed by atoms with van der Waals surface area (Å²) in [6, 6.07) is 11.5. The summed E-state index contributed by atoms with van der Waals surface area (Å²) in [6.07, 6.45) is 6.00. The predicted octanol–water partition coefficient (Wildman–Crippen LogP) is 5.44. The Morgan fingerprint density at radius 2 is 2.00 bits per heavy atom. The number of benzene rings is 1. The monoisotopic (exact) mass is 442 g/mol. The molecule has 28 heavy (non-hydrogen) atoms. The minimum absolute atomic E-state index is 0.0421. The van der Waals surface area contributed by atoms with Crippen molar-refractivity contribution in [3.63, 3.8) is 0 Å². The lowest BCUT2D eigenvalue weighted by Gasteiger charge is -2.23. The molecular formula is C22H27BrN4O. The van der Waals surface area contributed by atoms with Gasteiger partial charge in [-0.05, 0) is 43.2 Å². The molecule has 0 aliphatic carbocycles. The van der Waals surface area contributed by atoms with E-state index in [1.165, 1.54) is 0 Å². The molecule has 0 spiro atoms. The number of aromatic nitrogens is 3. The van der Waals surface area contributed by atoms with Crippen LogP contribution in [0.15, 0.2) is 47.1 Å². The highest BCUT2D eigenvalue weighted by atomic mass is 79.9. The number of hydrogen-bond acceptors (Lipinski definition) is 3. The molecule has 0 N–H and O–H groups in total. The van der Waals surface area contributed by atoms with Crippen LogP contribution in [-0.4, -0.2) is 31.9 Å².